The Labute approximate surface area is 98.4 Å². The summed E-state index contributed by atoms with van der Waals surface area (Å²) in [7, 11) is -3.59. The van der Waals surface area contributed by atoms with Gasteiger partial charge in [0.15, 0.2) is 0 Å². The summed E-state index contributed by atoms with van der Waals surface area (Å²) in [5, 5.41) is 15.5. The number of sulfonamides is 1. The fraction of sp³-hybridized carbons (Fsp3) is 0.100. The molecule has 1 aromatic heterocycles. The van der Waals surface area contributed by atoms with Gasteiger partial charge in [-0.05, 0) is 6.07 Å². The van der Waals surface area contributed by atoms with Crippen molar-refractivity contribution in [2.24, 2.45) is 0 Å². The van der Waals surface area contributed by atoms with Crippen LogP contribution in [-0.2, 0) is 16.6 Å². The average Bonchev–Trinajstić information content (AvgIpc) is 2.82. The molecule has 0 aliphatic heterocycles. The van der Waals surface area contributed by atoms with Crippen molar-refractivity contribution >= 4 is 10.0 Å². The van der Waals surface area contributed by atoms with Crippen LogP contribution in [0.4, 0.5) is 0 Å². The molecule has 0 aliphatic rings. The molecule has 0 aliphatic carbocycles. The first kappa shape index (κ1) is 11.6. The van der Waals surface area contributed by atoms with E-state index in [1.807, 2.05) is 0 Å². The molecule has 3 N–H and O–H groups in total. The number of phenols is 1. The van der Waals surface area contributed by atoms with Crippen molar-refractivity contribution in [3.8, 4) is 5.75 Å². The van der Waals surface area contributed by atoms with Gasteiger partial charge in [-0.15, -0.1) is 0 Å². The molecule has 17 heavy (non-hydrogen) atoms. The Morgan fingerprint density at radius 1 is 1.35 bits per heavy atom. The van der Waals surface area contributed by atoms with Gasteiger partial charge in [-0.3, -0.25) is 5.10 Å². The van der Waals surface area contributed by atoms with E-state index in [1.54, 1.807) is 18.2 Å². The van der Waals surface area contributed by atoms with Gasteiger partial charge < -0.3 is 5.11 Å². The number of H-pyrrole nitrogens is 1. The summed E-state index contributed by atoms with van der Waals surface area (Å²) in [6.45, 7) is 0.0280. The number of hydrogen-bond acceptors (Lipinski definition) is 4. The maximum absolute atomic E-state index is 11.7. The van der Waals surface area contributed by atoms with Crippen LogP contribution in [0.2, 0.25) is 0 Å². The summed E-state index contributed by atoms with van der Waals surface area (Å²) in [4.78, 5) is 0.0629. The van der Waals surface area contributed by atoms with Crippen LogP contribution < -0.4 is 4.72 Å². The number of aromatic hydroxyl groups is 1. The molecule has 1 aromatic carbocycles. The largest absolute Gasteiger partial charge is 0.508 e. The van der Waals surface area contributed by atoms with Crippen LogP contribution >= 0.6 is 0 Å². The van der Waals surface area contributed by atoms with E-state index in [9.17, 15) is 13.5 Å². The van der Waals surface area contributed by atoms with Gasteiger partial charge >= 0.3 is 0 Å². The molecule has 0 saturated carbocycles. The Balaban J connectivity index is 2.12. The summed E-state index contributed by atoms with van der Waals surface area (Å²) in [6, 6.07) is 6.54. The molecule has 0 unspecified atom stereocenters. The molecule has 1 heterocycles. The van der Waals surface area contributed by atoms with E-state index in [0.29, 0.717) is 5.56 Å². The number of benzene rings is 1. The van der Waals surface area contributed by atoms with Gasteiger partial charge in [0.25, 0.3) is 0 Å². The van der Waals surface area contributed by atoms with Crippen molar-refractivity contribution in [3.05, 3.63) is 42.2 Å². The molecule has 0 fully saturated rings. The zero-order valence-electron chi connectivity index (χ0n) is 8.79. The fourth-order valence-electron chi connectivity index (χ4n) is 1.30. The number of nitrogens with one attached hydrogen (secondary N) is 2. The van der Waals surface area contributed by atoms with Crippen molar-refractivity contribution in [3.63, 3.8) is 0 Å². The highest BCUT2D eigenvalue weighted by molar-refractivity contribution is 7.89. The van der Waals surface area contributed by atoms with Crippen molar-refractivity contribution in [1.29, 1.82) is 0 Å². The molecule has 2 aromatic rings. The Hall–Kier alpha value is -1.86. The minimum Gasteiger partial charge on any atom is -0.508 e. The Bertz CT molecular complexity index is 593. The summed E-state index contributed by atoms with van der Waals surface area (Å²) < 4.78 is 25.8. The van der Waals surface area contributed by atoms with Crippen LogP contribution in [0.3, 0.4) is 0 Å². The normalized spacial score (nSPS) is 11.5. The number of aromatic nitrogens is 2. The van der Waals surface area contributed by atoms with E-state index in [4.69, 9.17) is 0 Å². The first-order chi connectivity index (χ1) is 8.09. The second kappa shape index (κ2) is 4.56. The van der Waals surface area contributed by atoms with E-state index in [-0.39, 0.29) is 17.2 Å². The molecular formula is C10H11N3O3S. The van der Waals surface area contributed by atoms with Crippen LogP contribution in [0.15, 0.2) is 41.6 Å². The van der Waals surface area contributed by atoms with Crippen molar-refractivity contribution in [2.45, 2.75) is 11.4 Å². The van der Waals surface area contributed by atoms with Crippen LogP contribution in [0.25, 0.3) is 0 Å². The molecule has 0 amide bonds. The number of aromatic amines is 1. The third-order valence-electron chi connectivity index (χ3n) is 2.23. The average molecular weight is 253 g/mol. The summed E-state index contributed by atoms with van der Waals surface area (Å²) in [5.41, 5.74) is 0.513. The quantitative estimate of drug-likeness (QED) is 0.743. The van der Waals surface area contributed by atoms with Crippen LogP contribution in [0.1, 0.15) is 5.56 Å². The molecule has 0 spiro atoms. The molecule has 0 atom stereocenters. The first-order valence-electron chi connectivity index (χ1n) is 4.85. The highest BCUT2D eigenvalue weighted by Crippen LogP contribution is 2.16. The lowest BCUT2D eigenvalue weighted by molar-refractivity contribution is 0.467. The maximum atomic E-state index is 11.7. The standard InChI is InChI=1S/C10H11N3O3S/c14-10-4-2-1-3-8(10)5-13-17(15,16)9-6-11-12-7-9/h1-4,6-7,13-14H,5H2,(H,11,12). The summed E-state index contributed by atoms with van der Waals surface area (Å²) in [5.74, 6) is 0.0578. The summed E-state index contributed by atoms with van der Waals surface area (Å²) >= 11 is 0. The predicted molar refractivity (Wildman–Crippen MR) is 60.7 cm³/mol. The Morgan fingerprint density at radius 3 is 2.76 bits per heavy atom. The van der Waals surface area contributed by atoms with Gasteiger partial charge in [-0.1, -0.05) is 18.2 Å². The smallest absolute Gasteiger partial charge is 0.243 e. The third kappa shape index (κ3) is 2.63. The number of phenolic OH excluding ortho intramolecular Hbond substituents is 1. The van der Waals surface area contributed by atoms with Crippen molar-refractivity contribution < 1.29 is 13.5 Å². The predicted octanol–water partition coefficient (Wildman–Crippen LogP) is 0.594. The van der Waals surface area contributed by atoms with E-state index >= 15 is 0 Å². The fourth-order valence-corrected chi connectivity index (χ4v) is 2.21. The van der Waals surface area contributed by atoms with Gasteiger partial charge in [0.1, 0.15) is 10.6 Å². The van der Waals surface area contributed by atoms with E-state index < -0.39 is 10.0 Å². The Kier molecular flexibility index (Phi) is 3.12. The lowest BCUT2D eigenvalue weighted by Crippen LogP contribution is -2.22. The second-order valence-electron chi connectivity index (χ2n) is 3.39. The minimum atomic E-state index is -3.59. The van der Waals surface area contributed by atoms with Crippen LogP contribution in [0.5, 0.6) is 5.75 Å². The molecule has 6 nitrogen and oxygen atoms in total. The molecule has 0 radical (unpaired) electrons. The van der Waals surface area contributed by atoms with Gasteiger partial charge in [0.05, 0.1) is 6.20 Å². The SMILES string of the molecule is O=S(=O)(NCc1ccccc1O)c1cn[nH]c1. The van der Waals surface area contributed by atoms with E-state index in [0.717, 1.165) is 0 Å². The van der Waals surface area contributed by atoms with Crippen LogP contribution in [0, 0.1) is 0 Å². The van der Waals surface area contributed by atoms with E-state index in [2.05, 4.69) is 14.9 Å². The second-order valence-corrected chi connectivity index (χ2v) is 5.15. The Morgan fingerprint density at radius 2 is 2.12 bits per heavy atom. The van der Waals surface area contributed by atoms with E-state index in [1.165, 1.54) is 18.5 Å². The number of hydrogen-bond donors (Lipinski definition) is 3. The van der Waals surface area contributed by atoms with Gasteiger partial charge in [0, 0.05) is 18.3 Å². The minimum absolute atomic E-state index is 0.0280. The van der Waals surface area contributed by atoms with Gasteiger partial charge in [-0.2, -0.15) is 5.10 Å². The third-order valence-corrected chi connectivity index (χ3v) is 3.60. The molecule has 0 bridgehead atoms. The maximum Gasteiger partial charge on any atom is 0.243 e. The summed E-state index contributed by atoms with van der Waals surface area (Å²) in [6.07, 6.45) is 2.50. The topological polar surface area (TPSA) is 95.1 Å². The zero-order chi connectivity index (χ0) is 12.3. The lowest BCUT2D eigenvalue weighted by Gasteiger charge is -2.06. The molecule has 0 saturated heterocycles. The molecule has 7 heteroatoms. The molecule has 90 valence electrons. The highest BCUT2D eigenvalue weighted by atomic mass is 32.2. The number of para-hydroxylation sites is 1. The number of nitrogens with zero attached hydrogens (tertiary/aromatic N) is 1. The van der Waals surface area contributed by atoms with Crippen LogP contribution in [-0.4, -0.2) is 23.7 Å². The first-order valence-corrected chi connectivity index (χ1v) is 6.33. The zero-order valence-corrected chi connectivity index (χ0v) is 9.61. The van der Waals surface area contributed by atoms with Crippen molar-refractivity contribution in [1.82, 2.24) is 14.9 Å². The lowest BCUT2D eigenvalue weighted by atomic mass is 10.2. The molecule has 2 rings (SSSR count). The monoisotopic (exact) mass is 253 g/mol. The molecular weight excluding hydrogens is 242 g/mol. The van der Waals surface area contributed by atoms with Crippen molar-refractivity contribution in [2.75, 3.05) is 0 Å². The van der Waals surface area contributed by atoms with Gasteiger partial charge in [0.2, 0.25) is 10.0 Å². The number of rotatable bonds is 4. The van der Waals surface area contributed by atoms with Gasteiger partial charge in [-0.25, -0.2) is 13.1 Å². The highest BCUT2D eigenvalue weighted by Gasteiger charge is 2.15.